The van der Waals surface area contributed by atoms with Crippen LogP contribution in [-0.4, -0.2) is 17.1 Å². The summed E-state index contributed by atoms with van der Waals surface area (Å²) in [5.41, 5.74) is 1.86. The normalized spacial score (nSPS) is 24.5. The minimum atomic E-state index is 0.0216. The molecule has 0 saturated heterocycles. The van der Waals surface area contributed by atoms with Crippen LogP contribution in [0.2, 0.25) is 0 Å². The van der Waals surface area contributed by atoms with Crippen LogP contribution >= 0.6 is 0 Å². The van der Waals surface area contributed by atoms with Crippen LogP contribution in [0.5, 0.6) is 0 Å². The molecule has 1 amide bonds. The van der Waals surface area contributed by atoms with Gasteiger partial charge in [0.2, 0.25) is 0 Å². The van der Waals surface area contributed by atoms with Gasteiger partial charge in [-0.3, -0.25) is 4.79 Å². The molecule has 4 heteroatoms. The average Bonchev–Trinajstić information content (AvgIpc) is 3.15. The first-order valence-electron chi connectivity index (χ1n) is 10.8. The van der Waals surface area contributed by atoms with Crippen LogP contribution in [0.15, 0.2) is 40.9 Å². The summed E-state index contributed by atoms with van der Waals surface area (Å²) in [6, 6.07) is 11.8. The molecular weight excluding hydrogens is 348 g/mol. The first-order chi connectivity index (χ1) is 13.5. The van der Waals surface area contributed by atoms with Gasteiger partial charge in [0, 0.05) is 24.1 Å². The van der Waals surface area contributed by atoms with Crippen molar-refractivity contribution < 1.29 is 9.32 Å². The van der Waals surface area contributed by atoms with Gasteiger partial charge in [-0.15, -0.1) is 0 Å². The standard InChI is InChI=1S/C24H32N2O2/c1-24(2)19(15-22(24)25-23(27)18-11-7-4-8-12-18)14-20-16-21(28-26-20)13-17-9-5-3-6-10-17/h4,7-8,11-12,16-17,19,22H,3,5-6,9-10,13-15H2,1-2H3,(H,25,27). The zero-order valence-electron chi connectivity index (χ0n) is 17.1. The van der Waals surface area contributed by atoms with Gasteiger partial charge in [-0.25, -0.2) is 0 Å². The number of hydrogen-bond donors (Lipinski definition) is 1. The molecule has 2 atom stereocenters. The molecular formula is C24H32N2O2. The second-order valence-corrected chi connectivity index (χ2v) is 9.34. The molecule has 2 aliphatic rings. The van der Waals surface area contributed by atoms with Gasteiger partial charge in [0.25, 0.3) is 5.91 Å². The summed E-state index contributed by atoms with van der Waals surface area (Å²) in [6.45, 7) is 4.50. The lowest BCUT2D eigenvalue weighted by Gasteiger charge is -2.52. The molecule has 1 aromatic carbocycles. The van der Waals surface area contributed by atoms with Crippen molar-refractivity contribution in [2.45, 2.75) is 71.3 Å². The zero-order valence-corrected chi connectivity index (χ0v) is 17.1. The van der Waals surface area contributed by atoms with Crippen LogP contribution in [0, 0.1) is 17.3 Å². The van der Waals surface area contributed by atoms with E-state index in [2.05, 4.69) is 30.4 Å². The van der Waals surface area contributed by atoms with Gasteiger partial charge in [-0.2, -0.15) is 0 Å². The summed E-state index contributed by atoms with van der Waals surface area (Å²) in [5.74, 6) is 2.36. The molecule has 1 N–H and O–H groups in total. The molecule has 1 heterocycles. The summed E-state index contributed by atoms with van der Waals surface area (Å²) in [4.78, 5) is 12.5. The van der Waals surface area contributed by atoms with E-state index in [1.165, 1.54) is 32.1 Å². The summed E-state index contributed by atoms with van der Waals surface area (Å²) in [6.07, 6.45) is 9.72. The Morgan fingerprint density at radius 2 is 1.89 bits per heavy atom. The Balaban J connectivity index is 1.30. The smallest absolute Gasteiger partial charge is 0.251 e. The highest BCUT2D eigenvalue weighted by Crippen LogP contribution is 2.48. The third-order valence-corrected chi connectivity index (χ3v) is 7.09. The molecule has 2 aliphatic carbocycles. The van der Waals surface area contributed by atoms with Crippen molar-refractivity contribution in [2.75, 3.05) is 0 Å². The topological polar surface area (TPSA) is 55.1 Å². The molecule has 2 aromatic rings. The van der Waals surface area contributed by atoms with Crippen molar-refractivity contribution in [2.24, 2.45) is 17.3 Å². The summed E-state index contributed by atoms with van der Waals surface area (Å²) in [5, 5.41) is 7.56. The fourth-order valence-electron chi connectivity index (χ4n) is 4.91. The Bertz CT molecular complexity index is 790. The third-order valence-electron chi connectivity index (χ3n) is 7.09. The monoisotopic (exact) mass is 380 g/mol. The quantitative estimate of drug-likeness (QED) is 0.751. The molecule has 4 rings (SSSR count). The van der Waals surface area contributed by atoms with Crippen LogP contribution < -0.4 is 5.32 Å². The van der Waals surface area contributed by atoms with Crippen molar-refractivity contribution in [3.05, 3.63) is 53.4 Å². The Labute approximate surface area is 168 Å². The average molecular weight is 381 g/mol. The van der Waals surface area contributed by atoms with Gasteiger partial charge in [0.05, 0.1) is 5.69 Å². The lowest BCUT2D eigenvalue weighted by molar-refractivity contribution is 0.0138. The Kier molecular flexibility index (Phi) is 5.56. The molecule has 1 aromatic heterocycles. The minimum absolute atomic E-state index is 0.0216. The predicted octanol–water partition coefficient (Wildman–Crippen LogP) is 5.18. The van der Waals surface area contributed by atoms with E-state index in [0.717, 1.165) is 42.2 Å². The number of nitrogens with one attached hydrogen (secondary N) is 1. The van der Waals surface area contributed by atoms with E-state index < -0.39 is 0 Å². The number of amides is 1. The predicted molar refractivity (Wildman–Crippen MR) is 110 cm³/mol. The van der Waals surface area contributed by atoms with Gasteiger partial charge < -0.3 is 9.84 Å². The van der Waals surface area contributed by atoms with Gasteiger partial charge >= 0.3 is 0 Å². The largest absolute Gasteiger partial charge is 0.361 e. The molecule has 4 nitrogen and oxygen atoms in total. The number of benzene rings is 1. The van der Waals surface area contributed by atoms with E-state index in [-0.39, 0.29) is 17.4 Å². The number of nitrogens with zero attached hydrogens (tertiary/aromatic N) is 1. The van der Waals surface area contributed by atoms with E-state index in [1.807, 2.05) is 30.3 Å². The van der Waals surface area contributed by atoms with E-state index in [1.54, 1.807) is 0 Å². The molecule has 0 radical (unpaired) electrons. The summed E-state index contributed by atoms with van der Waals surface area (Å²) in [7, 11) is 0. The van der Waals surface area contributed by atoms with Crippen LogP contribution in [0.25, 0.3) is 0 Å². The highest BCUT2D eigenvalue weighted by atomic mass is 16.5. The number of carbonyl (C=O) groups excluding carboxylic acids is 1. The lowest BCUT2D eigenvalue weighted by Crippen LogP contribution is -2.58. The first-order valence-corrected chi connectivity index (χ1v) is 10.8. The van der Waals surface area contributed by atoms with Gasteiger partial charge in [0.1, 0.15) is 5.76 Å². The van der Waals surface area contributed by atoms with Crippen molar-refractivity contribution in [3.8, 4) is 0 Å². The van der Waals surface area contributed by atoms with E-state index in [0.29, 0.717) is 5.92 Å². The molecule has 2 unspecified atom stereocenters. The second-order valence-electron chi connectivity index (χ2n) is 9.34. The maximum absolute atomic E-state index is 12.5. The second kappa shape index (κ2) is 8.10. The van der Waals surface area contributed by atoms with Crippen LogP contribution in [0.3, 0.4) is 0 Å². The molecule has 28 heavy (non-hydrogen) atoms. The fraction of sp³-hybridized carbons (Fsp3) is 0.583. The molecule has 2 saturated carbocycles. The number of aromatic nitrogens is 1. The Morgan fingerprint density at radius 1 is 1.14 bits per heavy atom. The lowest BCUT2D eigenvalue weighted by atomic mass is 9.57. The van der Waals surface area contributed by atoms with E-state index >= 15 is 0 Å². The van der Waals surface area contributed by atoms with E-state index in [4.69, 9.17) is 4.52 Å². The molecule has 0 aliphatic heterocycles. The van der Waals surface area contributed by atoms with Crippen molar-refractivity contribution >= 4 is 5.91 Å². The first kappa shape index (κ1) is 19.2. The maximum Gasteiger partial charge on any atom is 0.251 e. The third kappa shape index (κ3) is 4.16. The Morgan fingerprint density at radius 3 is 2.61 bits per heavy atom. The molecule has 0 bridgehead atoms. The number of carbonyl (C=O) groups is 1. The Hall–Kier alpha value is -2.10. The van der Waals surface area contributed by atoms with Crippen LogP contribution in [0.1, 0.15) is 74.2 Å². The van der Waals surface area contributed by atoms with Crippen molar-refractivity contribution in [1.82, 2.24) is 10.5 Å². The number of rotatable bonds is 6. The van der Waals surface area contributed by atoms with Gasteiger partial charge in [-0.05, 0) is 42.2 Å². The molecule has 0 spiro atoms. The zero-order chi connectivity index (χ0) is 19.6. The number of hydrogen-bond acceptors (Lipinski definition) is 3. The minimum Gasteiger partial charge on any atom is -0.361 e. The van der Waals surface area contributed by atoms with Crippen molar-refractivity contribution in [1.29, 1.82) is 0 Å². The SMILES string of the molecule is CC1(C)C(Cc2cc(CC3CCCCC3)on2)CC1NC(=O)c1ccccc1. The fourth-order valence-corrected chi connectivity index (χ4v) is 4.91. The maximum atomic E-state index is 12.5. The van der Waals surface area contributed by atoms with Crippen LogP contribution in [0.4, 0.5) is 0 Å². The van der Waals surface area contributed by atoms with Gasteiger partial charge in [-0.1, -0.05) is 69.3 Å². The molecule has 150 valence electrons. The highest BCUT2D eigenvalue weighted by Gasteiger charge is 2.48. The summed E-state index contributed by atoms with van der Waals surface area (Å²) < 4.78 is 5.63. The van der Waals surface area contributed by atoms with Crippen LogP contribution in [-0.2, 0) is 12.8 Å². The van der Waals surface area contributed by atoms with Crippen molar-refractivity contribution in [3.63, 3.8) is 0 Å². The highest BCUT2D eigenvalue weighted by molar-refractivity contribution is 5.94. The molecule has 2 fully saturated rings. The van der Waals surface area contributed by atoms with Gasteiger partial charge in [0.15, 0.2) is 0 Å². The summed E-state index contributed by atoms with van der Waals surface area (Å²) >= 11 is 0. The van der Waals surface area contributed by atoms with E-state index in [9.17, 15) is 4.79 Å².